The highest BCUT2D eigenvalue weighted by Gasteiger charge is 2.24. The van der Waals surface area contributed by atoms with E-state index in [1.165, 1.54) is 33.3 Å². The third kappa shape index (κ3) is 6.04. The molecule has 2 heterocycles. The van der Waals surface area contributed by atoms with E-state index in [0.717, 1.165) is 24.1 Å². The molecular weight excluding hydrogens is 428 g/mol. The summed E-state index contributed by atoms with van der Waals surface area (Å²) < 4.78 is 2.51. The van der Waals surface area contributed by atoms with E-state index in [-0.39, 0.29) is 29.8 Å². The summed E-state index contributed by atoms with van der Waals surface area (Å²) >= 11 is 2.88. The second-order valence-electron chi connectivity index (χ2n) is 9.48. The molecule has 2 unspecified atom stereocenters. The minimum Gasteiger partial charge on any atom is -0.352 e. The largest absolute Gasteiger partial charge is 0.352 e. The number of carbonyl (C=O) groups excluding carboxylic acids is 2. The molecule has 1 saturated carbocycles. The third-order valence-electron chi connectivity index (χ3n) is 5.72. The number of amides is 1. The first-order valence-electron chi connectivity index (χ1n) is 10.9. The van der Waals surface area contributed by atoms with Crippen LogP contribution in [0.5, 0.6) is 0 Å². The Bertz CT molecular complexity index is 1130. The van der Waals surface area contributed by atoms with Crippen molar-refractivity contribution in [2.75, 3.05) is 0 Å². The zero-order chi connectivity index (χ0) is 22.8. The number of carbonyl (C=O) groups is 2. The number of thiazole rings is 1. The maximum absolute atomic E-state index is 13.2. The van der Waals surface area contributed by atoms with Crippen LogP contribution in [0.15, 0.2) is 16.9 Å². The third-order valence-corrected chi connectivity index (χ3v) is 7.73. The van der Waals surface area contributed by atoms with Crippen molar-refractivity contribution in [3.8, 4) is 0 Å². The van der Waals surface area contributed by atoms with E-state index in [4.69, 9.17) is 0 Å². The average molecular weight is 461 g/mol. The van der Waals surface area contributed by atoms with Gasteiger partial charge in [0, 0.05) is 27.3 Å². The van der Waals surface area contributed by atoms with E-state index in [9.17, 15) is 14.4 Å². The standard InChI is InChI=1S/C24H32N2O3S2/c1-15-8-6-7-9-18(15)25-21(28)14-26-22(13-20(27)24(3,4)5)31-19(23(26)29)12-17-11-10-16(2)30-17/h10-13,15,18H,6-9,14H2,1-5H3,(H,25,28). The minimum absolute atomic E-state index is 0.0673. The molecule has 5 nitrogen and oxygen atoms in total. The van der Waals surface area contributed by atoms with Crippen LogP contribution >= 0.6 is 22.7 Å². The van der Waals surface area contributed by atoms with Crippen molar-refractivity contribution in [1.29, 1.82) is 0 Å². The van der Waals surface area contributed by atoms with Crippen molar-refractivity contribution in [2.45, 2.75) is 72.9 Å². The molecule has 0 aromatic carbocycles. The van der Waals surface area contributed by atoms with Crippen LogP contribution in [0, 0.1) is 18.3 Å². The van der Waals surface area contributed by atoms with Crippen LogP contribution in [-0.2, 0) is 16.1 Å². The lowest BCUT2D eigenvalue weighted by molar-refractivity contribution is -0.123. The fourth-order valence-electron chi connectivity index (χ4n) is 3.71. The average Bonchev–Trinajstić information content (AvgIpc) is 3.21. The first-order chi connectivity index (χ1) is 14.5. The molecule has 1 N–H and O–H groups in total. The van der Waals surface area contributed by atoms with Gasteiger partial charge in [0.25, 0.3) is 5.56 Å². The molecule has 0 radical (unpaired) electrons. The zero-order valence-electron chi connectivity index (χ0n) is 19.0. The molecule has 0 aliphatic heterocycles. The molecular formula is C24H32N2O3S2. The van der Waals surface area contributed by atoms with Crippen molar-refractivity contribution in [1.82, 2.24) is 9.88 Å². The van der Waals surface area contributed by atoms with Crippen molar-refractivity contribution in [3.63, 3.8) is 0 Å². The monoisotopic (exact) mass is 460 g/mol. The van der Waals surface area contributed by atoms with Crippen LogP contribution in [0.1, 0.15) is 63.1 Å². The Morgan fingerprint density at radius 3 is 2.52 bits per heavy atom. The molecule has 2 aromatic rings. The summed E-state index contributed by atoms with van der Waals surface area (Å²) in [6.45, 7) is 9.66. The minimum atomic E-state index is -0.556. The maximum Gasteiger partial charge on any atom is 0.269 e. The van der Waals surface area contributed by atoms with Gasteiger partial charge in [-0.2, -0.15) is 0 Å². The van der Waals surface area contributed by atoms with Gasteiger partial charge in [0.1, 0.15) is 11.2 Å². The van der Waals surface area contributed by atoms with Crippen LogP contribution in [0.3, 0.4) is 0 Å². The Morgan fingerprint density at radius 2 is 1.90 bits per heavy atom. The molecule has 3 rings (SSSR count). The van der Waals surface area contributed by atoms with Gasteiger partial charge in [0.15, 0.2) is 5.78 Å². The number of nitrogens with zero attached hydrogens (tertiary/aromatic N) is 1. The number of aromatic nitrogens is 1. The number of aryl methyl sites for hydroxylation is 1. The topological polar surface area (TPSA) is 68.2 Å². The smallest absolute Gasteiger partial charge is 0.269 e. The molecule has 0 spiro atoms. The lowest BCUT2D eigenvalue weighted by Gasteiger charge is -2.29. The van der Waals surface area contributed by atoms with Crippen LogP contribution in [0.2, 0.25) is 0 Å². The summed E-state index contributed by atoms with van der Waals surface area (Å²) in [6.07, 6.45) is 7.77. The molecule has 1 aliphatic carbocycles. The molecule has 31 heavy (non-hydrogen) atoms. The summed E-state index contributed by atoms with van der Waals surface area (Å²) in [6, 6.07) is 4.14. The predicted octanol–water partition coefficient (Wildman–Crippen LogP) is 3.20. The van der Waals surface area contributed by atoms with Crippen LogP contribution in [-0.4, -0.2) is 22.3 Å². The van der Waals surface area contributed by atoms with E-state index >= 15 is 0 Å². The van der Waals surface area contributed by atoms with Gasteiger partial charge in [-0.1, -0.05) is 40.5 Å². The number of hydrogen-bond donors (Lipinski definition) is 1. The van der Waals surface area contributed by atoms with E-state index in [0.29, 0.717) is 15.1 Å². The Labute approximate surface area is 191 Å². The molecule has 7 heteroatoms. The fraction of sp³-hybridized carbons (Fsp3) is 0.542. The van der Waals surface area contributed by atoms with E-state index in [1.807, 2.05) is 45.9 Å². The number of thiophene rings is 1. The Hall–Kier alpha value is -1.99. The Balaban J connectivity index is 1.97. The lowest BCUT2D eigenvalue weighted by Crippen LogP contribution is -2.45. The highest BCUT2D eigenvalue weighted by atomic mass is 32.1. The van der Waals surface area contributed by atoms with Crippen molar-refractivity contribution < 1.29 is 9.59 Å². The van der Waals surface area contributed by atoms with Gasteiger partial charge in [-0.25, -0.2) is 0 Å². The summed E-state index contributed by atoms with van der Waals surface area (Å²) in [5, 5.41) is 3.12. The van der Waals surface area contributed by atoms with Crippen molar-refractivity contribution in [3.05, 3.63) is 41.4 Å². The van der Waals surface area contributed by atoms with E-state index < -0.39 is 5.41 Å². The molecule has 1 amide bonds. The van der Waals surface area contributed by atoms with Crippen molar-refractivity contribution in [2.24, 2.45) is 11.3 Å². The molecule has 2 aromatic heterocycles. The number of Topliss-reactive ketones (excluding diaryl/α,β-unsaturated/α-hetero) is 1. The second kappa shape index (κ2) is 9.65. The molecule has 1 fully saturated rings. The van der Waals surface area contributed by atoms with E-state index in [2.05, 4.69) is 12.2 Å². The first-order valence-corrected chi connectivity index (χ1v) is 12.5. The molecule has 0 bridgehead atoms. The molecule has 1 aliphatic rings. The van der Waals surface area contributed by atoms with Gasteiger partial charge in [0.05, 0.1) is 4.53 Å². The van der Waals surface area contributed by atoms with Gasteiger partial charge in [-0.15, -0.1) is 22.7 Å². The lowest BCUT2D eigenvalue weighted by atomic mass is 9.86. The molecule has 2 atom stereocenters. The summed E-state index contributed by atoms with van der Waals surface area (Å²) in [5.41, 5.74) is -0.782. The van der Waals surface area contributed by atoms with Gasteiger partial charge in [-0.05, 0) is 43.9 Å². The number of nitrogens with one attached hydrogen (secondary N) is 1. The zero-order valence-corrected chi connectivity index (χ0v) is 20.6. The molecule has 168 valence electrons. The van der Waals surface area contributed by atoms with Crippen LogP contribution < -0.4 is 20.1 Å². The highest BCUT2D eigenvalue weighted by molar-refractivity contribution is 7.13. The van der Waals surface area contributed by atoms with Crippen LogP contribution in [0.4, 0.5) is 0 Å². The van der Waals surface area contributed by atoms with Gasteiger partial charge in [-0.3, -0.25) is 19.0 Å². The molecule has 0 saturated heterocycles. The summed E-state index contributed by atoms with van der Waals surface area (Å²) in [5.74, 6) is 0.203. The van der Waals surface area contributed by atoms with E-state index in [1.54, 1.807) is 11.3 Å². The van der Waals surface area contributed by atoms with Gasteiger partial charge >= 0.3 is 0 Å². The SMILES string of the molecule is Cc1ccc(C=c2sc(=CC(=O)C(C)(C)C)n(CC(=O)NC3CCCCC3C)c2=O)s1. The second-order valence-corrected chi connectivity index (χ2v) is 11.9. The summed E-state index contributed by atoms with van der Waals surface area (Å²) in [7, 11) is 0. The Kier molecular flexibility index (Phi) is 7.37. The number of hydrogen-bond acceptors (Lipinski definition) is 5. The number of rotatable bonds is 5. The number of ketones is 1. The normalized spacial score (nSPS) is 20.8. The Morgan fingerprint density at radius 1 is 1.19 bits per heavy atom. The predicted molar refractivity (Wildman–Crippen MR) is 129 cm³/mol. The van der Waals surface area contributed by atoms with Crippen LogP contribution in [0.25, 0.3) is 12.2 Å². The first kappa shape index (κ1) is 23.7. The maximum atomic E-state index is 13.2. The van der Waals surface area contributed by atoms with Gasteiger partial charge < -0.3 is 5.32 Å². The summed E-state index contributed by atoms with van der Waals surface area (Å²) in [4.78, 5) is 40.8. The highest BCUT2D eigenvalue weighted by Crippen LogP contribution is 2.23. The van der Waals surface area contributed by atoms with Gasteiger partial charge in [0.2, 0.25) is 5.91 Å². The fourth-order valence-corrected chi connectivity index (χ4v) is 5.64. The quantitative estimate of drug-likeness (QED) is 0.745. The van der Waals surface area contributed by atoms with Crippen molar-refractivity contribution >= 4 is 46.5 Å².